The van der Waals surface area contributed by atoms with Crippen molar-refractivity contribution in [2.75, 3.05) is 7.05 Å². The molecule has 4 heteroatoms. The second kappa shape index (κ2) is 3.26. The van der Waals surface area contributed by atoms with E-state index >= 15 is 0 Å². The van der Waals surface area contributed by atoms with E-state index in [0.29, 0.717) is 5.88 Å². The van der Waals surface area contributed by atoms with Gasteiger partial charge in [-0.1, -0.05) is 18.2 Å². The maximum atomic E-state index is 4.91. The molecule has 0 aliphatic heterocycles. The third-order valence-corrected chi connectivity index (χ3v) is 1.70. The molecule has 1 aromatic carbocycles. The SMILES string of the molecule is C[N-]c1c[n+](-c2ccccc2)no1. The van der Waals surface area contributed by atoms with Crippen molar-refractivity contribution in [3.05, 3.63) is 41.8 Å². The smallest absolute Gasteiger partial charge is 0.241 e. The highest BCUT2D eigenvalue weighted by atomic mass is 16.5. The van der Waals surface area contributed by atoms with E-state index in [1.807, 2.05) is 30.3 Å². The topological polar surface area (TPSA) is 44.0 Å². The van der Waals surface area contributed by atoms with Crippen LogP contribution in [0.3, 0.4) is 0 Å². The van der Waals surface area contributed by atoms with Gasteiger partial charge in [0.2, 0.25) is 17.2 Å². The van der Waals surface area contributed by atoms with E-state index in [2.05, 4.69) is 10.6 Å². The molecule has 0 aliphatic carbocycles. The van der Waals surface area contributed by atoms with Gasteiger partial charge in [-0.25, -0.2) is 0 Å². The lowest BCUT2D eigenvalue weighted by Gasteiger charge is -1.97. The fraction of sp³-hybridized carbons (Fsp3) is 0.111. The van der Waals surface area contributed by atoms with E-state index in [-0.39, 0.29) is 0 Å². The first-order valence-electron chi connectivity index (χ1n) is 3.94. The fourth-order valence-electron chi connectivity index (χ4n) is 1.04. The zero-order chi connectivity index (χ0) is 9.10. The van der Waals surface area contributed by atoms with Crippen molar-refractivity contribution >= 4 is 5.88 Å². The predicted molar refractivity (Wildman–Crippen MR) is 47.0 cm³/mol. The molecule has 4 nitrogen and oxygen atoms in total. The molecule has 0 saturated carbocycles. The minimum Gasteiger partial charge on any atom is -0.648 e. The van der Waals surface area contributed by atoms with Crippen molar-refractivity contribution < 1.29 is 9.20 Å². The van der Waals surface area contributed by atoms with E-state index in [1.54, 1.807) is 17.9 Å². The molecule has 13 heavy (non-hydrogen) atoms. The van der Waals surface area contributed by atoms with Crippen molar-refractivity contribution in [3.63, 3.8) is 0 Å². The zero-order valence-electron chi connectivity index (χ0n) is 7.21. The number of aromatic nitrogens is 2. The summed E-state index contributed by atoms with van der Waals surface area (Å²) >= 11 is 0. The van der Waals surface area contributed by atoms with Gasteiger partial charge in [0.25, 0.3) is 0 Å². The molecule has 66 valence electrons. The number of para-hydroxylation sites is 1. The molecule has 2 rings (SSSR count). The first kappa shape index (κ1) is 7.79. The van der Waals surface area contributed by atoms with E-state index < -0.39 is 0 Å². The maximum Gasteiger partial charge on any atom is 0.241 e. The molecule has 2 aromatic rings. The molecule has 0 aliphatic rings. The van der Waals surface area contributed by atoms with Crippen LogP contribution in [0.15, 0.2) is 41.1 Å². The quantitative estimate of drug-likeness (QED) is 0.650. The van der Waals surface area contributed by atoms with Crippen LogP contribution in [0.5, 0.6) is 0 Å². The predicted octanol–water partition coefficient (Wildman–Crippen LogP) is 1.59. The molecule has 0 unspecified atom stereocenters. The summed E-state index contributed by atoms with van der Waals surface area (Å²) in [5, 5.41) is 7.67. The maximum absolute atomic E-state index is 4.91. The molecule has 0 spiro atoms. The highest BCUT2D eigenvalue weighted by Crippen LogP contribution is 2.10. The number of nitrogens with zero attached hydrogens (tertiary/aromatic N) is 3. The number of rotatable bonds is 2. The van der Waals surface area contributed by atoms with Crippen LogP contribution in [0.2, 0.25) is 0 Å². The van der Waals surface area contributed by atoms with Crippen molar-refractivity contribution in [1.82, 2.24) is 5.27 Å². The lowest BCUT2D eigenvalue weighted by molar-refractivity contribution is -0.670. The van der Waals surface area contributed by atoms with Gasteiger partial charge >= 0.3 is 0 Å². The average molecular weight is 175 g/mol. The Morgan fingerprint density at radius 3 is 2.69 bits per heavy atom. The molecule has 1 heterocycles. The van der Waals surface area contributed by atoms with Gasteiger partial charge < -0.3 is 9.84 Å². The van der Waals surface area contributed by atoms with Gasteiger partial charge in [-0.15, -0.1) is 7.05 Å². The van der Waals surface area contributed by atoms with E-state index in [1.165, 1.54) is 0 Å². The number of hydrogen-bond donors (Lipinski definition) is 0. The normalized spacial score (nSPS) is 9.92. The van der Waals surface area contributed by atoms with Gasteiger partial charge in [0.05, 0.1) is 0 Å². The molecule has 0 N–H and O–H groups in total. The zero-order valence-corrected chi connectivity index (χ0v) is 7.21. The summed E-state index contributed by atoms with van der Waals surface area (Å²) in [6.07, 6.45) is 1.73. The molecule has 0 radical (unpaired) electrons. The Balaban J connectivity index is 2.36. The lowest BCUT2D eigenvalue weighted by Crippen LogP contribution is -2.30. The van der Waals surface area contributed by atoms with Crippen LogP contribution in [0.4, 0.5) is 5.88 Å². The lowest BCUT2D eigenvalue weighted by atomic mass is 10.3. The Labute approximate surface area is 75.8 Å². The highest BCUT2D eigenvalue weighted by molar-refractivity contribution is 5.30. The van der Waals surface area contributed by atoms with E-state index in [0.717, 1.165) is 5.69 Å². The Morgan fingerprint density at radius 2 is 2.08 bits per heavy atom. The third kappa shape index (κ3) is 1.51. The monoisotopic (exact) mass is 175 g/mol. The average Bonchev–Trinajstić information content (AvgIpc) is 2.67. The van der Waals surface area contributed by atoms with Crippen molar-refractivity contribution in [1.29, 1.82) is 0 Å². The molecule has 0 fully saturated rings. The standard InChI is InChI=1S/C9H9N3O/c1-10-9-7-12(11-13-9)8-5-3-2-4-6-8/h2-7H,1H3. The van der Waals surface area contributed by atoms with Crippen LogP contribution in [0.25, 0.3) is 11.0 Å². The van der Waals surface area contributed by atoms with Crippen LogP contribution >= 0.6 is 0 Å². The van der Waals surface area contributed by atoms with Crippen LogP contribution in [0, 0.1) is 0 Å². The molecular weight excluding hydrogens is 166 g/mol. The largest absolute Gasteiger partial charge is 0.648 e. The van der Waals surface area contributed by atoms with Crippen LogP contribution in [-0.4, -0.2) is 12.3 Å². The highest BCUT2D eigenvalue weighted by Gasteiger charge is 2.08. The summed E-state index contributed by atoms with van der Waals surface area (Å²) in [6.45, 7) is 0. The van der Waals surface area contributed by atoms with Gasteiger partial charge in [-0.2, -0.15) is 0 Å². The number of benzene rings is 1. The Hall–Kier alpha value is -1.84. The summed E-state index contributed by atoms with van der Waals surface area (Å²) < 4.78 is 6.56. The van der Waals surface area contributed by atoms with Gasteiger partial charge in [-0.05, 0) is 4.68 Å². The third-order valence-electron chi connectivity index (χ3n) is 1.70. The van der Waals surface area contributed by atoms with Crippen molar-refractivity contribution in [2.45, 2.75) is 0 Å². The van der Waals surface area contributed by atoms with Crippen LogP contribution in [0.1, 0.15) is 0 Å². The van der Waals surface area contributed by atoms with E-state index in [9.17, 15) is 0 Å². The molecule has 0 bridgehead atoms. The first-order chi connectivity index (χ1) is 6.40. The Kier molecular flexibility index (Phi) is 1.96. The molecule has 0 saturated heterocycles. The molecule has 0 atom stereocenters. The molecule has 0 amide bonds. The molecular formula is C9H9N3O. The number of hydrogen-bond acceptors (Lipinski definition) is 2. The van der Waals surface area contributed by atoms with Gasteiger partial charge in [0.1, 0.15) is 5.88 Å². The first-order valence-corrected chi connectivity index (χ1v) is 3.94. The summed E-state index contributed by atoms with van der Waals surface area (Å²) in [5.41, 5.74) is 0.959. The van der Waals surface area contributed by atoms with Crippen molar-refractivity contribution in [2.24, 2.45) is 0 Å². The van der Waals surface area contributed by atoms with E-state index in [4.69, 9.17) is 4.52 Å². The summed E-state index contributed by atoms with van der Waals surface area (Å²) in [7, 11) is 1.66. The van der Waals surface area contributed by atoms with Gasteiger partial charge in [0.15, 0.2) is 0 Å². The summed E-state index contributed by atoms with van der Waals surface area (Å²) in [4.78, 5) is 0. The van der Waals surface area contributed by atoms with Gasteiger partial charge in [0, 0.05) is 12.1 Å². The second-order valence-corrected chi connectivity index (χ2v) is 2.54. The van der Waals surface area contributed by atoms with Crippen molar-refractivity contribution in [3.8, 4) is 5.69 Å². The van der Waals surface area contributed by atoms with Gasteiger partial charge in [-0.3, -0.25) is 0 Å². The fourth-order valence-corrected chi connectivity index (χ4v) is 1.04. The van der Waals surface area contributed by atoms with Crippen LogP contribution in [-0.2, 0) is 0 Å². The summed E-state index contributed by atoms with van der Waals surface area (Å²) in [5.74, 6) is 0.517. The Morgan fingerprint density at radius 1 is 1.31 bits per heavy atom. The molecule has 1 aromatic heterocycles. The van der Waals surface area contributed by atoms with Crippen LogP contribution < -0.4 is 4.68 Å². The minimum absolute atomic E-state index is 0.517. The minimum atomic E-state index is 0.517. The Bertz CT molecular complexity index is 383. The summed E-state index contributed by atoms with van der Waals surface area (Å²) in [6, 6.07) is 9.73. The second-order valence-electron chi connectivity index (χ2n) is 2.54.